The lowest BCUT2D eigenvalue weighted by molar-refractivity contribution is 0.268. The molecule has 1 aliphatic rings. The number of ether oxygens (including phenoxy) is 1. The lowest BCUT2D eigenvalue weighted by Gasteiger charge is -2.27. The average Bonchev–Trinajstić information content (AvgIpc) is 2.19. The fourth-order valence-electron chi connectivity index (χ4n) is 2.04. The van der Waals surface area contributed by atoms with Crippen molar-refractivity contribution in [2.45, 2.75) is 32.2 Å². The number of nitrogens with zero attached hydrogens (tertiary/aromatic N) is 1. The van der Waals surface area contributed by atoms with E-state index in [0.717, 1.165) is 18.6 Å². The summed E-state index contributed by atoms with van der Waals surface area (Å²) < 4.78 is 5.22. The van der Waals surface area contributed by atoms with Crippen LogP contribution in [0.3, 0.4) is 0 Å². The van der Waals surface area contributed by atoms with Crippen molar-refractivity contribution in [2.24, 2.45) is 0 Å². The second kappa shape index (κ2) is 5.20. The van der Waals surface area contributed by atoms with E-state index in [2.05, 4.69) is 38.1 Å². The number of methoxy groups -OCH3 is 1. The third-order valence-corrected chi connectivity index (χ3v) is 2.84. The monoisotopic (exact) mass is 195 g/mol. The van der Waals surface area contributed by atoms with Crippen molar-refractivity contribution in [3.63, 3.8) is 0 Å². The van der Waals surface area contributed by atoms with Gasteiger partial charge in [0.05, 0.1) is 12.9 Å². The summed E-state index contributed by atoms with van der Waals surface area (Å²) in [7, 11) is 6.03. The van der Waals surface area contributed by atoms with E-state index in [1.807, 2.05) is 0 Å². The molecule has 0 saturated heterocycles. The van der Waals surface area contributed by atoms with Gasteiger partial charge in [-0.1, -0.05) is 18.6 Å². The summed E-state index contributed by atoms with van der Waals surface area (Å²) in [6.45, 7) is 2.24. The second-order valence-corrected chi connectivity index (χ2v) is 3.97. The van der Waals surface area contributed by atoms with Gasteiger partial charge in [-0.3, -0.25) is 0 Å². The Morgan fingerprint density at radius 2 is 2.07 bits per heavy atom. The Hall–Kier alpha value is -0.760. The van der Waals surface area contributed by atoms with Crippen LogP contribution in [-0.4, -0.2) is 32.1 Å². The minimum absolute atomic E-state index is 0.588. The van der Waals surface area contributed by atoms with Crippen molar-refractivity contribution in [3.8, 4) is 0 Å². The van der Waals surface area contributed by atoms with Crippen molar-refractivity contribution in [2.75, 3.05) is 21.2 Å². The van der Waals surface area contributed by atoms with E-state index in [1.54, 1.807) is 7.11 Å². The largest absolute Gasteiger partial charge is 0.501 e. The van der Waals surface area contributed by atoms with Crippen LogP contribution in [0.5, 0.6) is 0 Å². The smallest absolute Gasteiger partial charge is 0.0958 e. The molecule has 1 atom stereocenters. The first-order chi connectivity index (χ1) is 6.69. The molecule has 1 rings (SSSR count). The van der Waals surface area contributed by atoms with Crippen LogP contribution in [-0.2, 0) is 4.74 Å². The highest BCUT2D eigenvalue weighted by atomic mass is 16.5. The van der Waals surface area contributed by atoms with Crippen molar-refractivity contribution >= 4 is 0 Å². The Balaban J connectivity index is 2.69. The Morgan fingerprint density at radius 1 is 1.36 bits per heavy atom. The molecule has 0 bridgehead atoms. The van der Waals surface area contributed by atoms with Gasteiger partial charge in [0.1, 0.15) is 0 Å². The molecule has 0 radical (unpaired) electrons. The van der Waals surface area contributed by atoms with Crippen molar-refractivity contribution in [3.05, 3.63) is 23.5 Å². The van der Waals surface area contributed by atoms with E-state index in [9.17, 15) is 0 Å². The van der Waals surface area contributed by atoms with E-state index >= 15 is 0 Å². The summed E-state index contributed by atoms with van der Waals surface area (Å²) in [5, 5.41) is 0. The fourth-order valence-corrected chi connectivity index (χ4v) is 2.04. The topological polar surface area (TPSA) is 12.5 Å². The Bertz CT molecular complexity index is 241. The minimum Gasteiger partial charge on any atom is -0.501 e. The van der Waals surface area contributed by atoms with E-state index in [1.165, 1.54) is 12.0 Å². The Morgan fingerprint density at radius 3 is 2.43 bits per heavy atom. The van der Waals surface area contributed by atoms with E-state index in [4.69, 9.17) is 4.74 Å². The summed E-state index contributed by atoms with van der Waals surface area (Å²) in [6, 6.07) is 0.588. The molecule has 1 aliphatic carbocycles. The highest BCUT2D eigenvalue weighted by Gasteiger charge is 2.16. The molecule has 0 spiro atoms. The van der Waals surface area contributed by atoms with Gasteiger partial charge in [-0.05, 0) is 33.0 Å². The molecule has 0 amide bonds. The van der Waals surface area contributed by atoms with Gasteiger partial charge < -0.3 is 9.64 Å². The summed E-state index contributed by atoms with van der Waals surface area (Å²) in [4.78, 5) is 2.29. The number of hydrogen-bond donors (Lipinski definition) is 0. The van der Waals surface area contributed by atoms with Crippen LogP contribution >= 0.6 is 0 Å². The molecule has 0 aromatic rings. The van der Waals surface area contributed by atoms with Gasteiger partial charge in [-0.2, -0.15) is 0 Å². The Labute approximate surface area is 87.2 Å². The van der Waals surface area contributed by atoms with Crippen molar-refractivity contribution in [1.29, 1.82) is 0 Å². The van der Waals surface area contributed by atoms with Crippen LogP contribution in [0.4, 0.5) is 0 Å². The van der Waals surface area contributed by atoms with Crippen molar-refractivity contribution < 1.29 is 4.74 Å². The Kier molecular flexibility index (Phi) is 4.21. The van der Waals surface area contributed by atoms with Crippen LogP contribution in [0, 0.1) is 0 Å². The van der Waals surface area contributed by atoms with Crippen LogP contribution in [0.2, 0.25) is 0 Å². The molecular weight excluding hydrogens is 174 g/mol. The number of hydrogen-bond acceptors (Lipinski definition) is 2. The molecule has 2 heteroatoms. The summed E-state index contributed by atoms with van der Waals surface area (Å²) in [6.07, 6.45) is 7.68. The first-order valence-corrected chi connectivity index (χ1v) is 5.29. The quantitative estimate of drug-likeness (QED) is 0.683. The maximum Gasteiger partial charge on any atom is 0.0958 e. The van der Waals surface area contributed by atoms with Gasteiger partial charge in [0, 0.05) is 12.5 Å². The summed E-state index contributed by atoms with van der Waals surface area (Å²) in [5.74, 6) is 1.10. The third-order valence-electron chi connectivity index (χ3n) is 2.84. The van der Waals surface area contributed by atoms with Crippen LogP contribution in [0.1, 0.15) is 26.2 Å². The molecule has 2 nitrogen and oxygen atoms in total. The van der Waals surface area contributed by atoms with Crippen molar-refractivity contribution in [1.82, 2.24) is 4.90 Å². The highest BCUT2D eigenvalue weighted by molar-refractivity contribution is 5.24. The van der Waals surface area contributed by atoms with Gasteiger partial charge in [0.15, 0.2) is 0 Å². The fraction of sp³-hybridized carbons (Fsp3) is 0.667. The van der Waals surface area contributed by atoms with Crippen LogP contribution in [0.25, 0.3) is 0 Å². The zero-order chi connectivity index (χ0) is 10.6. The average molecular weight is 195 g/mol. The second-order valence-electron chi connectivity index (χ2n) is 3.97. The normalized spacial score (nSPS) is 18.9. The standard InChI is InChI=1S/C12H21NO/c1-5-12(13(2)3)10-6-8-11(14-4)9-7-10/h6,8,12H,5,7,9H2,1-4H3. The van der Waals surface area contributed by atoms with Gasteiger partial charge in [-0.15, -0.1) is 0 Å². The lowest BCUT2D eigenvalue weighted by atomic mass is 9.94. The van der Waals surface area contributed by atoms with Gasteiger partial charge in [-0.25, -0.2) is 0 Å². The summed E-state index contributed by atoms with van der Waals surface area (Å²) >= 11 is 0. The lowest BCUT2D eigenvalue weighted by Crippen LogP contribution is -2.29. The molecule has 0 aromatic heterocycles. The van der Waals surface area contributed by atoms with E-state index < -0.39 is 0 Å². The maximum absolute atomic E-state index is 5.22. The molecule has 0 N–H and O–H groups in total. The molecule has 14 heavy (non-hydrogen) atoms. The van der Waals surface area contributed by atoms with Gasteiger partial charge >= 0.3 is 0 Å². The number of allylic oxidation sites excluding steroid dienone is 3. The summed E-state index contributed by atoms with van der Waals surface area (Å²) in [5.41, 5.74) is 1.53. The molecule has 80 valence electrons. The number of likely N-dealkylation sites (N-methyl/N-ethyl adjacent to an activating group) is 1. The van der Waals surface area contributed by atoms with E-state index in [-0.39, 0.29) is 0 Å². The van der Waals surface area contributed by atoms with Gasteiger partial charge in [0.2, 0.25) is 0 Å². The molecule has 1 unspecified atom stereocenters. The molecular formula is C12H21NO. The SMILES string of the molecule is CCC(C1=CC=C(OC)CC1)N(C)C. The maximum atomic E-state index is 5.22. The zero-order valence-corrected chi connectivity index (χ0v) is 9.71. The van der Waals surface area contributed by atoms with E-state index in [0.29, 0.717) is 6.04 Å². The first kappa shape index (κ1) is 11.3. The molecule has 0 heterocycles. The molecule has 0 saturated carbocycles. The third kappa shape index (κ3) is 2.61. The minimum atomic E-state index is 0.588. The number of rotatable bonds is 4. The zero-order valence-electron chi connectivity index (χ0n) is 9.71. The first-order valence-electron chi connectivity index (χ1n) is 5.29. The highest BCUT2D eigenvalue weighted by Crippen LogP contribution is 2.24. The predicted octanol–water partition coefficient (Wildman–Crippen LogP) is 2.58. The molecule has 0 fully saturated rings. The van der Waals surface area contributed by atoms with Gasteiger partial charge in [0.25, 0.3) is 0 Å². The molecule has 0 aliphatic heterocycles. The predicted molar refractivity (Wildman–Crippen MR) is 60.2 cm³/mol. The molecule has 0 aromatic carbocycles. The van der Waals surface area contributed by atoms with Crippen LogP contribution < -0.4 is 0 Å². The van der Waals surface area contributed by atoms with Crippen LogP contribution in [0.15, 0.2) is 23.5 Å².